The van der Waals surface area contributed by atoms with Gasteiger partial charge in [-0.25, -0.2) is 13.4 Å². The van der Waals surface area contributed by atoms with Crippen LogP contribution in [0.4, 0.5) is 0 Å². The average molecular weight is 599 g/mol. The topological polar surface area (TPSA) is 128 Å². The fraction of sp³-hybridized carbons (Fsp3) is 0.484. The van der Waals surface area contributed by atoms with E-state index in [2.05, 4.69) is 16.7 Å². The molecule has 3 N–H and O–H groups in total. The molecule has 0 aromatic heterocycles. The van der Waals surface area contributed by atoms with Gasteiger partial charge in [-0.15, -0.1) is 12.3 Å². The van der Waals surface area contributed by atoms with Crippen LogP contribution >= 0.6 is 0 Å². The molecule has 0 radical (unpaired) electrons. The van der Waals surface area contributed by atoms with Crippen LogP contribution in [-0.4, -0.2) is 79.6 Å². The summed E-state index contributed by atoms with van der Waals surface area (Å²) in [5.41, 5.74) is 3.54. The molecular formula is C31H42N4O6S. The van der Waals surface area contributed by atoms with Crippen molar-refractivity contribution >= 4 is 21.8 Å². The molecule has 1 aliphatic rings. The van der Waals surface area contributed by atoms with Crippen LogP contribution in [0, 0.1) is 18.3 Å². The number of terminal acetylenes is 1. The number of carbonyl (C=O) groups excluding carboxylic acids is 2. The number of hydrogen-bond acceptors (Lipinski definition) is 7. The van der Waals surface area contributed by atoms with Crippen LogP contribution < -0.4 is 15.5 Å². The molecule has 1 unspecified atom stereocenters. The lowest BCUT2D eigenvalue weighted by atomic mass is 9.99. The van der Waals surface area contributed by atoms with Gasteiger partial charge < -0.3 is 15.2 Å². The van der Waals surface area contributed by atoms with Gasteiger partial charge >= 0.3 is 0 Å². The van der Waals surface area contributed by atoms with Gasteiger partial charge in [0.15, 0.2) is 0 Å². The standard InChI is InChI=1S/C31H42N4O6S/c1-5-6-14-30(37)35(33-31(38)27-13-10-19-32-27)28(20-24-11-8-7-9-12-24)29(36)22-34(21-23(2)3)42(39,40)26-17-15-25(41-4)16-18-26/h1,7-9,11-12,15-18,23,27-29,32,36H,6,10,13-14,19-22H2,2-4H3,(H,33,38)/t27?,28-,29+/m0/s1. The maximum Gasteiger partial charge on any atom is 0.255 e. The minimum atomic E-state index is -4.03. The fourth-order valence-corrected chi connectivity index (χ4v) is 6.52. The van der Waals surface area contributed by atoms with E-state index in [0.717, 1.165) is 17.0 Å². The Kier molecular flexibility index (Phi) is 12.4. The van der Waals surface area contributed by atoms with E-state index >= 15 is 0 Å². The first-order valence-corrected chi connectivity index (χ1v) is 15.7. The third-order valence-corrected chi connectivity index (χ3v) is 8.93. The van der Waals surface area contributed by atoms with Gasteiger partial charge in [-0.2, -0.15) is 4.31 Å². The molecule has 0 bridgehead atoms. The molecule has 0 spiro atoms. The molecule has 3 atom stereocenters. The van der Waals surface area contributed by atoms with Gasteiger partial charge in [0.25, 0.3) is 5.91 Å². The molecule has 3 rings (SSSR count). The van der Waals surface area contributed by atoms with Crippen molar-refractivity contribution in [2.75, 3.05) is 26.7 Å². The van der Waals surface area contributed by atoms with Crippen molar-refractivity contribution in [3.8, 4) is 18.1 Å². The summed E-state index contributed by atoms with van der Waals surface area (Å²) < 4.78 is 33.9. The van der Waals surface area contributed by atoms with Crippen molar-refractivity contribution in [1.82, 2.24) is 20.1 Å². The molecule has 2 aromatic carbocycles. The van der Waals surface area contributed by atoms with Crippen molar-refractivity contribution in [3.63, 3.8) is 0 Å². The van der Waals surface area contributed by atoms with Gasteiger partial charge in [0.1, 0.15) is 5.75 Å². The molecule has 1 saturated heterocycles. The number of amides is 2. The molecule has 42 heavy (non-hydrogen) atoms. The predicted molar refractivity (Wildman–Crippen MR) is 161 cm³/mol. The second-order valence-electron chi connectivity index (χ2n) is 10.8. The number of rotatable bonds is 14. The van der Waals surface area contributed by atoms with Crippen molar-refractivity contribution in [2.45, 2.75) is 69.0 Å². The van der Waals surface area contributed by atoms with Crippen LogP contribution in [0.3, 0.4) is 0 Å². The Balaban J connectivity index is 1.98. The number of aliphatic hydroxyl groups excluding tert-OH is 1. The predicted octanol–water partition coefficient (Wildman–Crippen LogP) is 2.34. The molecule has 10 nitrogen and oxygen atoms in total. The highest BCUT2D eigenvalue weighted by atomic mass is 32.2. The molecule has 0 saturated carbocycles. The third-order valence-electron chi connectivity index (χ3n) is 7.08. The third kappa shape index (κ3) is 9.03. The summed E-state index contributed by atoms with van der Waals surface area (Å²) in [7, 11) is -2.53. The number of methoxy groups -OCH3 is 1. The number of carbonyl (C=O) groups is 2. The largest absolute Gasteiger partial charge is 0.497 e. The lowest BCUT2D eigenvalue weighted by molar-refractivity contribution is -0.148. The van der Waals surface area contributed by atoms with Crippen LogP contribution in [0.25, 0.3) is 0 Å². The van der Waals surface area contributed by atoms with Crippen LogP contribution in [0.15, 0.2) is 59.5 Å². The average Bonchev–Trinajstić information content (AvgIpc) is 3.53. The molecular weight excluding hydrogens is 556 g/mol. The molecule has 1 fully saturated rings. The fourth-order valence-electron chi connectivity index (χ4n) is 4.89. The lowest BCUT2D eigenvalue weighted by Gasteiger charge is -2.37. The quantitative estimate of drug-likeness (QED) is 0.225. The van der Waals surface area contributed by atoms with E-state index in [0.29, 0.717) is 18.7 Å². The highest BCUT2D eigenvalue weighted by Crippen LogP contribution is 2.23. The molecule has 2 amide bonds. The lowest BCUT2D eigenvalue weighted by Crippen LogP contribution is -2.61. The first kappa shape index (κ1) is 33.1. The summed E-state index contributed by atoms with van der Waals surface area (Å²) in [6, 6.07) is 13.8. The van der Waals surface area contributed by atoms with Gasteiger partial charge in [-0.1, -0.05) is 44.2 Å². The highest BCUT2D eigenvalue weighted by Gasteiger charge is 2.37. The number of nitrogens with zero attached hydrogens (tertiary/aromatic N) is 2. The molecule has 1 aliphatic heterocycles. The normalized spacial score (nSPS) is 16.5. The second-order valence-corrected chi connectivity index (χ2v) is 12.7. The Morgan fingerprint density at radius 1 is 1.14 bits per heavy atom. The van der Waals surface area contributed by atoms with Crippen LogP contribution in [-0.2, 0) is 26.0 Å². The molecule has 0 aliphatic carbocycles. The zero-order chi connectivity index (χ0) is 30.7. The van der Waals surface area contributed by atoms with E-state index in [-0.39, 0.29) is 43.2 Å². The van der Waals surface area contributed by atoms with E-state index in [9.17, 15) is 23.1 Å². The Morgan fingerprint density at radius 3 is 2.40 bits per heavy atom. The van der Waals surface area contributed by atoms with Gasteiger partial charge in [-0.3, -0.25) is 15.0 Å². The molecule has 1 heterocycles. The SMILES string of the molecule is C#CCCC(=O)N(NC(=O)C1CCCN1)[C@@H](Cc1ccccc1)[C@H](O)CN(CC(C)C)S(=O)(=O)c1ccc(OC)cc1. The number of benzene rings is 2. The first-order chi connectivity index (χ1) is 20.1. The van der Waals surface area contributed by atoms with Gasteiger partial charge in [0, 0.05) is 25.9 Å². The number of hydrazine groups is 1. The van der Waals surface area contributed by atoms with E-state index in [1.165, 1.54) is 23.5 Å². The summed E-state index contributed by atoms with van der Waals surface area (Å²) in [6.07, 6.45) is 5.77. The summed E-state index contributed by atoms with van der Waals surface area (Å²) in [4.78, 5) is 26.7. The summed E-state index contributed by atoms with van der Waals surface area (Å²) in [5, 5.41) is 16.0. The first-order valence-electron chi connectivity index (χ1n) is 14.2. The smallest absolute Gasteiger partial charge is 0.255 e. The summed E-state index contributed by atoms with van der Waals surface area (Å²) >= 11 is 0. The van der Waals surface area contributed by atoms with Gasteiger partial charge in [0.05, 0.1) is 30.2 Å². The number of sulfonamides is 1. The highest BCUT2D eigenvalue weighted by molar-refractivity contribution is 7.89. The number of hydrogen-bond donors (Lipinski definition) is 3. The zero-order valence-corrected chi connectivity index (χ0v) is 25.3. The maximum absolute atomic E-state index is 13.8. The Hall–Kier alpha value is -3.43. The van der Waals surface area contributed by atoms with Crippen LogP contribution in [0.1, 0.15) is 45.1 Å². The van der Waals surface area contributed by atoms with Crippen molar-refractivity contribution < 1.29 is 27.9 Å². The van der Waals surface area contributed by atoms with Gasteiger partial charge in [-0.05, 0) is 61.6 Å². The molecule has 228 valence electrons. The Bertz CT molecular complexity index is 1310. The molecule has 2 aromatic rings. The van der Waals surface area contributed by atoms with E-state index < -0.39 is 40.0 Å². The van der Waals surface area contributed by atoms with E-state index in [1.54, 1.807) is 12.1 Å². The molecule has 11 heteroatoms. The minimum absolute atomic E-state index is 0.0489. The Morgan fingerprint density at radius 2 is 1.83 bits per heavy atom. The van der Waals surface area contributed by atoms with Crippen LogP contribution in [0.2, 0.25) is 0 Å². The van der Waals surface area contributed by atoms with Crippen molar-refractivity contribution in [1.29, 1.82) is 0 Å². The van der Waals surface area contributed by atoms with Crippen molar-refractivity contribution in [2.24, 2.45) is 5.92 Å². The number of aliphatic hydroxyl groups is 1. The monoisotopic (exact) mass is 598 g/mol. The zero-order valence-electron chi connectivity index (χ0n) is 24.5. The summed E-state index contributed by atoms with van der Waals surface area (Å²) in [5.74, 6) is 2.05. The van der Waals surface area contributed by atoms with Crippen LogP contribution in [0.5, 0.6) is 5.75 Å². The van der Waals surface area contributed by atoms with Crippen molar-refractivity contribution in [3.05, 3.63) is 60.2 Å². The van der Waals surface area contributed by atoms with E-state index in [4.69, 9.17) is 11.2 Å². The minimum Gasteiger partial charge on any atom is -0.497 e. The maximum atomic E-state index is 13.8. The number of nitrogens with one attached hydrogen (secondary N) is 2. The Labute approximate surface area is 249 Å². The second kappa shape index (κ2) is 15.7. The van der Waals surface area contributed by atoms with E-state index in [1.807, 2.05) is 44.2 Å². The number of ether oxygens (including phenoxy) is 1. The van der Waals surface area contributed by atoms with Gasteiger partial charge in [0.2, 0.25) is 15.9 Å². The summed E-state index contributed by atoms with van der Waals surface area (Å²) in [6.45, 7) is 4.28.